The van der Waals surface area contributed by atoms with Crippen LogP contribution < -0.4 is 11.1 Å². The van der Waals surface area contributed by atoms with Crippen molar-refractivity contribution in [2.24, 2.45) is 0 Å². The lowest BCUT2D eigenvalue weighted by molar-refractivity contribution is -0.116. The summed E-state index contributed by atoms with van der Waals surface area (Å²) < 4.78 is 13.0. The number of hydrogen-bond donors (Lipinski definition) is 2. The van der Waals surface area contributed by atoms with E-state index in [0.29, 0.717) is 18.2 Å². The second-order valence-electron chi connectivity index (χ2n) is 5.06. The minimum Gasteiger partial charge on any atom is -0.396 e. The van der Waals surface area contributed by atoms with Crippen molar-refractivity contribution in [3.63, 3.8) is 0 Å². The molecular formula is C14H20FN3O. The van der Waals surface area contributed by atoms with E-state index in [1.54, 1.807) is 0 Å². The monoisotopic (exact) mass is 265 g/mol. The van der Waals surface area contributed by atoms with E-state index < -0.39 is 5.82 Å². The van der Waals surface area contributed by atoms with E-state index in [-0.39, 0.29) is 11.6 Å². The van der Waals surface area contributed by atoms with E-state index in [4.69, 9.17) is 5.73 Å². The quantitative estimate of drug-likeness (QED) is 0.821. The molecule has 3 N–H and O–H groups in total. The third-order valence-electron chi connectivity index (χ3n) is 3.60. The maximum Gasteiger partial charge on any atom is 0.225 e. The van der Waals surface area contributed by atoms with Gasteiger partial charge in [-0.05, 0) is 44.5 Å². The lowest BCUT2D eigenvalue weighted by Gasteiger charge is -2.20. The topological polar surface area (TPSA) is 58.4 Å². The highest BCUT2D eigenvalue weighted by molar-refractivity contribution is 5.91. The second kappa shape index (κ2) is 6.02. The Morgan fingerprint density at radius 2 is 2.37 bits per heavy atom. The molecule has 1 unspecified atom stereocenters. The molecule has 1 saturated heterocycles. The number of nitrogens with one attached hydrogen (secondary N) is 1. The van der Waals surface area contributed by atoms with Gasteiger partial charge in [-0.15, -0.1) is 0 Å². The van der Waals surface area contributed by atoms with Crippen LogP contribution in [0.1, 0.15) is 26.2 Å². The first-order chi connectivity index (χ1) is 9.06. The molecule has 1 atom stereocenters. The average Bonchev–Trinajstić information content (AvgIpc) is 2.77. The van der Waals surface area contributed by atoms with Gasteiger partial charge in [0.1, 0.15) is 5.82 Å². The van der Waals surface area contributed by atoms with Crippen LogP contribution in [0.3, 0.4) is 0 Å². The Hall–Kier alpha value is -1.62. The summed E-state index contributed by atoms with van der Waals surface area (Å²) in [5.74, 6) is -0.533. The van der Waals surface area contributed by atoms with E-state index >= 15 is 0 Å². The fourth-order valence-corrected chi connectivity index (χ4v) is 2.42. The van der Waals surface area contributed by atoms with Crippen molar-refractivity contribution in [2.75, 3.05) is 24.1 Å². The molecule has 0 bridgehead atoms. The highest BCUT2D eigenvalue weighted by atomic mass is 19.1. The van der Waals surface area contributed by atoms with Crippen molar-refractivity contribution in [2.45, 2.75) is 32.2 Å². The Kier molecular flexibility index (Phi) is 4.37. The van der Waals surface area contributed by atoms with E-state index in [2.05, 4.69) is 17.1 Å². The molecule has 0 saturated carbocycles. The summed E-state index contributed by atoms with van der Waals surface area (Å²) in [6.07, 6.45) is 2.86. The standard InChI is InChI=1S/C14H20FN3O/c1-10-3-2-7-18(10)8-6-14(19)17-11-4-5-12(15)13(16)9-11/h4-5,9-10H,2-3,6-8,16H2,1H3,(H,17,19). The summed E-state index contributed by atoms with van der Waals surface area (Å²) in [7, 11) is 0. The Balaban J connectivity index is 1.82. The molecule has 2 rings (SSSR count). The zero-order chi connectivity index (χ0) is 13.8. The number of likely N-dealkylation sites (tertiary alicyclic amines) is 1. The second-order valence-corrected chi connectivity index (χ2v) is 5.06. The molecule has 104 valence electrons. The Morgan fingerprint density at radius 1 is 1.58 bits per heavy atom. The van der Waals surface area contributed by atoms with Crippen LogP contribution in [0.2, 0.25) is 0 Å². The predicted octanol–water partition coefficient (Wildman–Crippen LogP) is 2.22. The number of benzene rings is 1. The van der Waals surface area contributed by atoms with Gasteiger partial charge in [0.2, 0.25) is 5.91 Å². The summed E-state index contributed by atoms with van der Waals surface area (Å²) >= 11 is 0. The van der Waals surface area contributed by atoms with Crippen LogP contribution in [0, 0.1) is 5.82 Å². The summed E-state index contributed by atoms with van der Waals surface area (Å²) in [4.78, 5) is 14.1. The zero-order valence-electron chi connectivity index (χ0n) is 11.2. The van der Waals surface area contributed by atoms with Crippen molar-refractivity contribution < 1.29 is 9.18 Å². The summed E-state index contributed by atoms with van der Waals surface area (Å²) in [5, 5.41) is 2.74. The van der Waals surface area contributed by atoms with Crippen molar-refractivity contribution in [1.29, 1.82) is 0 Å². The van der Waals surface area contributed by atoms with Crippen LogP contribution >= 0.6 is 0 Å². The molecule has 19 heavy (non-hydrogen) atoms. The molecular weight excluding hydrogens is 245 g/mol. The van der Waals surface area contributed by atoms with Crippen LogP contribution in [0.15, 0.2) is 18.2 Å². The predicted molar refractivity (Wildman–Crippen MR) is 74.3 cm³/mol. The van der Waals surface area contributed by atoms with Gasteiger partial charge in [-0.2, -0.15) is 0 Å². The van der Waals surface area contributed by atoms with Gasteiger partial charge in [-0.1, -0.05) is 0 Å². The van der Waals surface area contributed by atoms with E-state index in [0.717, 1.165) is 13.1 Å². The molecule has 1 fully saturated rings. The third-order valence-corrected chi connectivity index (χ3v) is 3.60. The van der Waals surface area contributed by atoms with Gasteiger partial charge in [-0.3, -0.25) is 4.79 Å². The minimum atomic E-state index is -0.469. The molecule has 1 aliphatic rings. The molecule has 0 aromatic heterocycles. The smallest absolute Gasteiger partial charge is 0.225 e. The number of anilines is 2. The number of nitrogen functional groups attached to an aromatic ring is 1. The largest absolute Gasteiger partial charge is 0.396 e. The number of carbonyl (C=O) groups excluding carboxylic acids is 1. The van der Waals surface area contributed by atoms with Gasteiger partial charge < -0.3 is 16.0 Å². The van der Waals surface area contributed by atoms with Crippen LogP contribution in [0.4, 0.5) is 15.8 Å². The fraction of sp³-hybridized carbons (Fsp3) is 0.500. The molecule has 0 aliphatic carbocycles. The average molecular weight is 265 g/mol. The van der Waals surface area contributed by atoms with E-state index in [1.807, 2.05) is 0 Å². The number of nitrogens with zero attached hydrogens (tertiary/aromatic N) is 1. The molecule has 1 aromatic rings. The zero-order valence-corrected chi connectivity index (χ0v) is 11.2. The van der Waals surface area contributed by atoms with E-state index in [9.17, 15) is 9.18 Å². The van der Waals surface area contributed by atoms with Gasteiger partial charge in [0.25, 0.3) is 0 Å². The van der Waals surface area contributed by atoms with Crippen LogP contribution in [-0.2, 0) is 4.79 Å². The van der Waals surface area contributed by atoms with Crippen LogP contribution in [0.25, 0.3) is 0 Å². The van der Waals surface area contributed by atoms with Gasteiger partial charge in [0.15, 0.2) is 0 Å². The van der Waals surface area contributed by atoms with Gasteiger partial charge in [0, 0.05) is 24.7 Å². The number of amides is 1. The maximum atomic E-state index is 13.0. The molecule has 1 aliphatic heterocycles. The van der Waals surface area contributed by atoms with Gasteiger partial charge in [-0.25, -0.2) is 4.39 Å². The normalized spacial score (nSPS) is 19.6. The maximum absolute atomic E-state index is 13.0. The first-order valence-electron chi connectivity index (χ1n) is 6.65. The summed E-state index contributed by atoms with van der Waals surface area (Å²) in [5.41, 5.74) is 6.04. The highest BCUT2D eigenvalue weighted by Gasteiger charge is 2.20. The third kappa shape index (κ3) is 3.67. The Labute approximate surface area is 112 Å². The SMILES string of the molecule is CC1CCCN1CCC(=O)Nc1ccc(F)c(N)c1. The molecule has 4 nitrogen and oxygen atoms in total. The number of nitrogens with two attached hydrogens (primary N) is 1. The van der Waals surface area contributed by atoms with E-state index in [1.165, 1.54) is 31.0 Å². The highest BCUT2D eigenvalue weighted by Crippen LogP contribution is 2.18. The van der Waals surface area contributed by atoms with Gasteiger partial charge in [0.05, 0.1) is 5.69 Å². The number of hydrogen-bond acceptors (Lipinski definition) is 3. The van der Waals surface area contributed by atoms with Crippen molar-refractivity contribution in [3.8, 4) is 0 Å². The first-order valence-corrected chi connectivity index (χ1v) is 6.65. The minimum absolute atomic E-state index is 0.0472. The number of halogens is 1. The van der Waals surface area contributed by atoms with Crippen LogP contribution in [-0.4, -0.2) is 29.9 Å². The Bertz CT molecular complexity index is 464. The van der Waals surface area contributed by atoms with Crippen LogP contribution in [0.5, 0.6) is 0 Å². The molecule has 0 spiro atoms. The lowest BCUT2D eigenvalue weighted by atomic mass is 10.2. The van der Waals surface area contributed by atoms with Crippen molar-refractivity contribution >= 4 is 17.3 Å². The summed E-state index contributed by atoms with van der Waals surface area (Å²) in [6.45, 7) is 4.02. The van der Waals surface area contributed by atoms with Crippen molar-refractivity contribution in [3.05, 3.63) is 24.0 Å². The number of carbonyl (C=O) groups is 1. The fourth-order valence-electron chi connectivity index (χ4n) is 2.42. The van der Waals surface area contributed by atoms with Crippen molar-refractivity contribution in [1.82, 2.24) is 4.90 Å². The number of rotatable bonds is 4. The lowest BCUT2D eigenvalue weighted by Crippen LogP contribution is -2.30. The molecule has 1 aromatic carbocycles. The molecule has 1 amide bonds. The Morgan fingerprint density at radius 3 is 3.00 bits per heavy atom. The van der Waals surface area contributed by atoms with Gasteiger partial charge >= 0.3 is 0 Å². The summed E-state index contributed by atoms with van der Waals surface area (Å²) in [6, 6.07) is 4.77. The first kappa shape index (κ1) is 13.8. The molecule has 5 heteroatoms. The molecule has 1 heterocycles. The molecule has 0 radical (unpaired) electrons.